The van der Waals surface area contributed by atoms with Gasteiger partial charge in [-0.05, 0) is 51.4 Å². The predicted octanol–water partition coefficient (Wildman–Crippen LogP) is 7.68. The molecule has 0 aliphatic carbocycles. The van der Waals surface area contributed by atoms with Gasteiger partial charge in [0.2, 0.25) is 0 Å². The fraction of sp³-hybridized carbons (Fsp3) is 0.400. The normalized spacial score (nSPS) is 12.3. The van der Waals surface area contributed by atoms with Crippen LogP contribution < -0.4 is 9.96 Å². The Bertz CT molecular complexity index is 1160. The van der Waals surface area contributed by atoms with E-state index in [4.69, 9.17) is 9.32 Å². The van der Waals surface area contributed by atoms with Gasteiger partial charge in [0.25, 0.3) is 0 Å². The van der Waals surface area contributed by atoms with Crippen molar-refractivity contribution in [3.8, 4) is 0 Å². The number of nitrogens with zero attached hydrogens (tertiary/aromatic N) is 2. The van der Waals surface area contributed by atoms with E-state index in [-0.39, 0.29) is 41.1 Å². The van der Waals surface area contributed by atoms with Crippen molar-refractivity contribution in [1.29, 1.82) is 0 Å². The minimum absolute atomic E-state index is 0. The second kappa shape index (κ2) is 18.1. The zero-order chi connectivity index (χ0) is 31.1. The maximum absolute atomic E-state index is 11.4. The van der Waals surface area contributed by atoms with Gasteiger partial charge in [0.15, 0.2) is 16.5 Å². The Kier molecular flexibility index (Phi) is 19.2. The predicted molar refractivity (Wildman–Crippen MR) is 192 cm³/mol. The van der Waals surface area contributed by atoms with Crippen LogP contribution in [0.3, 0.4) is 0 Å². The van der Waals surface area contributed by atoms with E-state index < -0.39 is 44.9 Å². The van der Waals surface area contributed by atoms with Crippen molar-refractivity contribution in [2.45, 2.75) is 78.6 Å². The molecule has 0 unspecified atom stereocenters. The third-order valence-corrected chi connectivity index (χ3v) is 8.47. The molecular formula is C30H54N4O4Si4Zr. The van der Waals surface area contributed by atoms with Crippen LogP contribution in [-0.4, -0.2) is 66.8 Å². The molecule has 0 fully saturated rings. The van der Waals surface area contributed by atoms with Crippen LogP contribution in [-0.2, 0) is 26.2 Å². The molecule has 0 aromatic heterocycles. The smallest absolute Gasteiger partial charge is 0.478 e. The molecule has 8 nitrogen and oxygen atoms in total. The van der Waals surface area contributed by atoms with Crippen molar-refractivity contribution in [2.75, 3.05) is 0 Å². The summed E-state index contributed by atoms with van der Waals surface area (Å²) in [5, 5.41) is 18.7. The van der Waals surface area contributed by atoms with Gasteiger partial charge in [0, 0.05) is 11.1 Å². The Hall–Kier alpha value is -1.93. The first-order chi connectivity index (χ1) is 18.0. The molecule has 0 bridgehead atoms. The van der Waals surface area contributed by atoms with E-state index in [0.717, 1.165) is 11.7 Å². The minimum atomic E-state index is -1.71. The van der Waals surface area contributed by atoms with E-state index in [1.165, 1.54) is 0 Å². The summed E-state index contributed by atoms with van der Waals surface area (Å²) in [5.41, 5.74) is 1.97. The van der Waals surface area contributed by atoms with Crippen molar-refractivity contribution in [3.05, 3.63) is 85.6 Å². The molecule has 4 N–H and O–H groups in total. The third-order valence-electron chi connectivity index (χ3n) is 4.71. The van der Waals surface area contributed by atoms with Crippen LogP contribution in [0, 0.1) is 14.9 Å². The summed E-state index contributed by atoms with van der Waals surface area (Å²) in [6, 6.07) is 14.1. The molecule has 0 heterocycles. The van der Waals surface area contributed by atoms with Crippen molar-refractivity contribution in [1.82, 2.24) is 9.96 Å². The van der Waals surface area contributed by atoms with Crippen molar-refractivity contribution in [3.63, 3.8) is 0 Å². The van der Waals surface area contributed by atoms with Gasteiger partial charge in [-0.2, -0.15) is 0 Å². The summed E-state index contributed by atoms with van der Waals surface area (Å²) in [6.45, 7) is 25.9. The van der Waals surface area contributed by atoms with Gasteiger partial charge in [-0.15, -0.1) is 0 Å². The molecule has 0 atom stereocenters. The van der Waals surface area contributed by atoms with E-state index in [2.05, 4.69) is 88.5 Å². The molecule has 0 aliphatic rings. The van der Waals surface area contributed by atoms with Gasteiger partial charge in [-0.25, -0.2) is 9.59 Å². The topological polar surface area (TPSA) is 123 Å². The SMILES string of the molecule is C[Si](C)(C)N=C(N[Si](C)(C)C)c1ccccc1C(=O)O.C[Si](C)(C)N=C(N[Si](C)(C)C)c1ccccc1C(=O)O.[CH3-].[CH3-].[Zr+2]. The summed E-state index contributed by atoms with van der Waals surface area (Å²) in [7, 11) is -6.64. The first-order valence-electron chi connectivity index (χ1n) is 13.4. The fourth-order valence-corrected chi connectivity index (χ4v) is 7.16. The average Bonchev–Trinajstić information content (AvgIpc) is 2.75. The molecule has 13 heteroatoms. The molecular weight excluding hydrogens is 684 g/mol. The van der Waals surface area contributed by atoms with Gasteiger partial charge in [0.05, 0.1) is 11.1 Å². The van der Waals surface area contributed by atoms with Crippen LogP contribution in [0.15, 0.2) is 57.8 Å². The van der Waals surface area contributed by atoms with E-state index >= 15 is 0 Å². The first-order valence-corrected chi connectivity index (χ1v) is 27.3. The number of aromatic carboxylic acids is 2. The molecule has 0 amide bonds. The summed E-state index contributed by atoms with van der Waals surface area (Å²) in [4.78, 5) is 29.8. The van der Waals surface area contributed by atoms with Crippen LogP contribution in [0.1, 0.15) is 31.8 Å². The summed E-state index contributed by atoms with van der Waals surface area (Å²) >= 11 is 0. The van der Waals surface area contributed by atoms with Crippen LogP contribution in [0.5, 0.6) is 0 Å². The van der Waals surface area contributed by atoms with E-state index in [0.29, 0.717) is 22.3 Å². The summed E-state index contributed by atoms with van der Waals surface area (Å²) in [5.74, 6) is -0.356. The van der Waals surface area contributed by atoms with Crippen LogP contribution in [0.4, 0.5) is 0 Å². The van der Waals surface area contributed by atoms with Gasteiger partial charge in [-0.3, -0.25) is 0 Å². The molecule has 0 saturated heterocycles. The zero-order valence-corrected chi connectivity index (χ0v) is 35.2. The molecule has 43 heavy (non-hydrogen) atoms. The summed E-state index contributed by atoms with van der Waals surface area (Å²) < 4.78 is 9.65. The maximum atomic E-state index is 11.4. The Labute approximate surface area is 284 Å². The van der Waals surface area contributed by atoms with E-state index in [9.17, 15) is 19.8 Å². The molecule has 2 rings (SSSR count). The Morgan fingerprint density at radius 2 is 0.767 bits per heavy atom. The molecule has 2 aromatic carbocycles. The average molecular weight is 738 g/mol. The van der Waals surface area contributed by atoms with Crippen LogP contribution >= 0.6 is 0 Å². The Morgan fingerprint density at radius 3 is 0.953 bits per heavy atom. The van der Waals surface area contributed by atoms with Crippen molar-refractivity contribution >= 4 is 56.6 Å². The molecule has 2 aromatic rings. The van der Waals surface area contributed by atoms with Gasteiger partial charge in [0.1, 0.15) is 28.1 Å². The molecule has 0 saturated carbocycles. The van der Waals surface area contributed by atoms with Crippen molar-refractivity contribution < 1.29 is 46.0 Å². The monoisotopic (exact) mass is 736 g/mol. The fourth-order valence-electron chi connectivity index (χ4n) is 3.44. The number of hydrogen-bond donors (Lipinski definition) is 4. The zero-order valence-electron chi connectivity index (χ0n) is 28.7. The maximum Gasteiger partial charge on any atom is 2.00 e. The van der Waals surface area contributed by atoms with Crippen LogP contribution in [0.2, 0.25) is 78.6 Å². The number of hydrogen-bond acceptors (Lipinski definition) is 4. The largest absolute Gasteiger partial charge is 2.00 e. The van der Waals surface area contributed by atoms with Gasteiger partial charge >= 0.3 is 38.1 Å². The Morgan fingerprint density at radius 1 is 0.535 bits per heavy atom. The number of carbonyl (C=O) groups is 2. The summed E-state index contributed by atoms with van der Waals surface area (Å²) in [6.07, 6.45) is 0. The van der Waals surface area contributed by atoms with E-state index in [1.54, 1.807) is 24.3 Å². The quantitative estimate of drug-likeness (QED) is 0.0955. The van der Waals surface area contributed by atoms with Gasteiger partial charge < -0.3 is 44.3 Å². The van der Waals surface area contributed by atoms with Crippen molar-refractivity contribution in [2.24, 2.45) is 9.32 Å². The second-order valence-electron chi connectivity index (χ2n) is 13.7. The second-order valence-corrected chi connectivity index (χ2v) is 32.3. The molecule has 0 spiro atoms. The van der Waals surface area contributed by atoms with E-state index in [1.807, 2.05) is 24.3 Å². The first kappa shape index (κ1) is 45.5. The molecule has 0 radical (unpaired) electrons. The number of carboxylic acids is 2. The van der Waals surface area contributed by atoms with Crippen LogP contribution in [0.25, 0.3) is 0 Å². The number of amidine groups is 2. The number of rotatable bonds is 8. The number of benzene rings is 2. The Balaban J connectivity index is -0.000000696. The number of nitrogens with one attached hydrogen (secondary N) is 2. The molecule has 238 valence electrons. The third kappa shape index (κ3) is 18.5. The van der Waals surface area contributed by atoms with Gasteiger partial charge in [-0.1, -0.05) is 75.7 Å². The minimum Gasteiger partial charge on any atom is -0.478 e. The standard InChI is InChI=1S/2C14H24N2O2Si2.2CH3.Zr/c2*1-19(2,3)15-13(16-20(4,5)6)11-9-7-8-10-12(11)14(17)18;;;/h2*7-10H,1-6H3,(H,15,16)(H,17,18);2*1H3;/q;;2*-1;+2. The number of carboxylic acid groups (broad SMARTS) is 2. The molecule has 0 aliphatic heterocycles.